The lowest BCUT2D eigenvalue weighted by atomic mass is 9.75. The van der Waals surface area contributed by atoms with Gasteiger partial charge in [-0.2, -0.15) is 0 Å². The largest absolute Gasteiger partial charge is 0.338 e. The zero-order chi connectivity index (χ0) is 10.1. The molecule has 0 aliphatic heterocycles. The first-order chi connectivity index (χ1) is 5.81. The van der Waals surface area contributed by atoms with E-state index in [9.17, 15) is 4.89 Å². The van der Waals surface area contributed by atoms with Crippen LogP contribution in [0, 0.1) is 5.41 Å². The molecule has 0 aromatic heterocycles. The zero-order valence-electron chi connectivity index (χ0n) is 8.06. The van der Waals surface area contributed by atoms with Crippen LogP contribution in [0.5, 0.6) is 0 Å². The van der Waals surface area contributed by atoms with Gasteiger partial charge in [-0.1, -0.05) is 38.9 Å². The van der Waals surface area contributed by atoms with Gasteiger partial charge in [-0.15, -0.1) is 0 Å². The maximum Gasteiger partial charge on any atom is 0.241 e. The van der Waals surface area contributed by atoms with Crippen LogP contribution in [0.4, 0.5) is 0 Å². The van der Waals surface area contributed by atoms with Crippen LogP contribution in [0.2, 0.25) is 0 Å². The van der Waals surface area contributed by atoms with Gasteiger partial charge in [0.1, 0.15) is 0 Å². The van der Waals surface area contributed by atoms with Crippen molar-refractivity contribution in [3.63, 3.8) is 0 Å². The van der Waals surface area contributed by atoms with Crippen molar-refractivity contribution in [3.05, 3.63) is 0 Å². The minimum atomic E-state index is -2.79. The van der Waals surface area contributed by atoms with Gasteiger partial charge in [0.05, 0.1) is 6.10 Å². The minimum absolute atomic E-state index is 0.0783. The van der Waals surface area contributed by atoms with Crippen molar-refractivity contribution in [1.82, 2.24) is 0 Å². The molecule has 1 saturated carbocycles. The third kappa shape index (κ3) is 3.88. The van der Waals surface area contributed by atoms with Crippen molar-refractivity contribution in [2.24, 2.45) is 5.41 Å². The van der Waals surface area contributed by atoms with E-state index in [-0.39, 0.29) is 11.5 Å². The molecule has 0 aromatic rings. The van der Waals surface area contributed by atoms with E-state index < -0.39 is 5.69 Å². The van der Waals surface area contributed by atoms with E-state index in [0.717, 1.165) is 19.3 Å². The van der Waals surface area contributed by atoms with E-state index in [4.69, 9.17) is 16.3 Å². The van der Waals surface area contributed by atoms with Crippen molar-refractivity contribution >= 4 is 29.7 Å². The normalized spacial score (nSPS) is 32.5. The van der Waals surface area contributed by atoms with Crippen LogP contribution in [0.15, 0.2) is 0 Å². The predicted octanol–water partition coefficient (Wildman–Crippen LogP) is 3.12. The maximum absolute atomic E-state index is 9.37. The molecular weight excluding hydrogens is 223 g/mol. The second-order valence-electron chi connectivity index (χ2n) is 4.32. The number of hydrogen-bond donors (Lipinski definition) is 2. The molecule has 0 saturated heterocycles. The molecule has 0 radical (unpaired) electrons. The molecule has 1 aliphatic rings. The van der Waals surface area contributed by atoms with Crippen molar-refractivity contribution < 1.29 is 9.42 Å². The Labute approximate surface area is 90.4 Å². The summed E-state index contributed by atoms with van der Waals surface area (Å²) < 4.78 is 5.44. The first-order valence-electron chi connectivity index (χ1n) is 4.55. The Hall–Kier alpha value is 0.920. The topological polar surface area (TPSA) is 29.5 Å². The van der Waals surface area contributed by atoms with Gasteiger partial charge in [-0.25, -0.2) is 0 Å². The van der Waals surface area contributed by atoms with Gasteiger partial charge in [0.15, 0.2) is 0 Å². The third-order valence-electron chi connectivity index (χ3n) is 2.67. The van der Waals surface area contributed by atoms with Crippen molar-refractivity contribution in [3.8, 4) is 0 Å². The summed E-state index contributed by atoms with van der Waals surface area (Å²) in [7, 11) is 0. The zero-order valence-corrected chi connectivity index (χ0v) is 10.7. The lowest BCUT2D eigenvalue weighted by Crippen LogP contribution is -2.34. The summed E-state index contributed by atoms with van der Waals surface area (Å²) in [5, 5.41) is 0. The van der Waals surface area contributed by atoms with Crippen LogP contribution in [0.1, 0.15) is 39.5 Å². The molecule has 2 unspecified atom stereocenters. The Kier molecular flexibility index (Phi) is 3.87. The summed E-state index contributed by atoms with van der Waals surface area (Å²) in [4.78, 5) is 9.37. The molecule has 0 bridgehead atoms. The van der Waals surface area contributed by atoms with Gasteiger partial charge >= 0.3 is 0 Å². The first kappa shape index (κ1) is 12.0. The standard InChI is InChI=1S/C8H17O2PS2/c1-8(2)6-4-3-5-7(8)10-11(9,12)13/h7H,3-6H2,1-2H3,(H2,9,12,13). The molecule has 0 spiro atoms. The molecule has 1 N–H and O–H groups in total. The smallest absolute Gasteiger partial charge is 0.241 e. The highest BCUT2D eigenvalue weighted by Gasteiger charge is 2.35. The van der Waals surface area contributed by atoms with Crippen LogP contribution in [-0.4, -0.2) is 11.0 Å². The number of thiol groups is 1. The molecule has 2 nitrogen and oxygen atoms in total. The van der Waals surface area contributed by atoms with Crippen molar-refractivity contribution in [2.75, 3.05) is 0 Å². The second kappa shape index (κ2) is 4.19. The van der Waals surface area contributed by atoms with Crippen molar-refractivity contribution in [2.45, 2.75) is 45.6 Å². The van der Waals surface area contributed by atoms with Gasteiger partial charge in [0.2, 0.25) is 5.69 Å². The maximum atomic E-state index is 9.37. The summed E-state index contributed by atoms with van der Waals surface area (Å²) in [6.07, 6.45) is 4.62. The molecule has 5 heteroatoms. The van der Waals surface area contributed by atoms with Crippen LogP contribution >= 0.6 is 17.9 Å². The van der Waals surface area contributed by atoms with E-state index in [1.165, 1.54) is 6.42 Å². The molecule has 0 amide bonds. The number of hydrogen-bond acceptors (Lipinski definition) is 2. The molecule has 1 aliphatic carbocycles. The quantitative estimate of drug-likeness (QED) is 0.574. The molecule has 1 rings (SSSR count). The average molecular weight is 240 g/mol. The third-order valence-corrected chi connectivity index (χ3v) is 3.74. The molecule has 0 heterocycles. The van der Waals surface area contributed by atoms with Crippen LogP contribution < -0.4 is 0 Å². The highest BCUT2D eigenvalue weighted by atomic mass is 32.9. The molecule has 1 fully saturated rings. The summed E-state index contributed by atoms with van der Waals surface area (Å²) in [6.45, 7) is 4.32. The van der Waals surface area contributed by atoms with Crippen LogP contribution in [0.3, 0.4) is 0 Å². The molecular formula is C8H17O2PS2. The Balaban J connectivity index is 2.61. The SMILES string of the molecule is CC1(C)CCCCC1OP(O)(=S)S. The predicted molar refractivity (Wildman–Crippen MR) is 62.6 cm³/mol. The summed E-state index contributed by atoms with van der Waals surface area (Å²) in [5.41, 5.74) is -2.65. The summed E-state index contributed by atoms with van der Waals surface area (Å²) >= 11 is 8.68. The lowest BCUT2D eigenvalue weighted by Gasteiger charge is -2.39. The minimum Gasteiger partial charge on any atom is -0.338 e. The van der Waals surface area contributed by atoms with Gasteiger partial charge in [0.25, 0.3) is 0 Å². The Morgan fingerprint density at radius 3 is 2.62 bits per heavy atom. The lowest BCUT2D eigenvalue weighted by molar-refractivity contribution is 0.0379. The fraction of sp³-hybridized carbons (Fsp3) is 1.00. The Bertz CT molecular complexity index is 224. The molecule has 0 aromatic carbocycles. The number of rotatable bonds is 2. The Morgan fingerprint density at radius 1 is 1.54 bits per heavy atom. The van der Waals surface area contributed by atoms with Gasteiger partial charge in [-0.3, -0.25) is 0 Å². The Morgan fingerprint density at radius 2 is 2.15 bits per heavy atom. The fourth-order valence-corrected chi connectivity index (χ4v) is 3.20. The van der Waals surface area contributed by atoms with E-state index in [1.807, 2.05) is 0 Å². The summed E-state index contributed by atoms with van der Waals surface area (Å²) in [5.74, 6) is 0. The van der Waals surface area contributed by atoms with Gasteiger partial charge < -0.3 is 9.42 Å². The second-order valence-corrected chi connectivity index (χ2v) is 9.43. The van der Waals surface area contributed by atoms with E-state index in [0.29, 0.717) is 0 Å². The van der Waals surface area contributed by atoms with Crippen LogP contribution in [-0.2, 0) is 16.3 Å². The average Bonchev–Trinajstić information content (AvgIpc) is 1.91. The highest BCUT2D eigenvalue weighted by molar-refractivity contribution is 8.59. The monoisotopic (exact) mass is 240 g/mol. The van der Waals surface area contributed by atoms with Gasteiger partial charge in [-0.05, 0) is 30.1 Å². The molecule has 13 heavy (non-hydrogen) atoms. The van der Waals surface area contributed by atoms with E-state index >= 15 is 0 Å². The molecule has 78 valence electrons. The van der Waals surface area contributed by atoms with E-state index in [2.05, 4.69) is 26.1 Å². The summed E-state index contributed by atoms with van der Waals surface area (Å²) in [6, 6.07) is 0. The van der Waals surface area contributed by atoms with E-state index in [1.54, 1.807) is 0 Å². The highest BCUT2D eigenvalue weighted by Crippen LogP contribution is 2.53. The van der Waals surface area contributed by atoms with Gasteiger partial charge in [0, 0.05) is 0 Å². The fourth-order valence-electron chi connectivity index (χ4n) is 1.82. The first-order valence-corrected chi connectivity index (χ1v) is 8.38. The van der Waals surface area contributed by atoms with Crippen molar-refractivity contribution in [1.29, 1.82) is 0 Å². The molecule has 2 atom stereocenters. The van der Waals surface area contributed by atoms with Crippen LogP contribution in [0.25, 0.3) is 0 Å².